The summed E-state index contributed by atoms with van der Waals surface area (Å²) in [6.45, 7) is 8.54. The minimum absolute atomic E-state index is 0.201. The number of benzene rings is 6. The molecule has 0 unspecified atom stereocenters. The van der Waals surface area contributed by atoms with Crippen LogP contribution in [0.15, 0.2) is 146 Å². The largest absolute Gasteiger partial charge is 0.311 e. The highest BCUT2D eigenvalue weighted by molar-refractivity contribution is 5.78. The summed E-state index contributed by atoms with van der Waals surface area (Å²) in [5.41, 5.74) is 14.8. The quantitative estimate of drug-likeness (QED) is 0.130. The number of hydrogen-bond acceptors (Lipinski definition) is 1. The van der Waals surface area contributed by atoms with E-state index in [1.165, 1.54) is 50.1 Å². The Bertz CT molecular complexity index is 1590. The Labute approximate surface area is 262 Å². The number of hydrogen-bond donors (Lipinski definition) is 0. The molecule has 0 amide bonds. The van der Waals surface area contributed by atoms with Crippen molar-refractivity contribution in [3.63, 3.8) is 0 Å². The first-order chi connectivity index (χ1) is 21.4. The summed E-state index contributed by atoms with van der Waals surface area (Å²) in [7, 11) is 0. The van der Waals surface area contributed by atoms with Gasteiger partial charge in [0.2, 0.25) is 0 Å². The van der Waals surface area contributed by atoms with E-state index in [4.69, 9.17) is 0 Å². The standard InChI is InChI=1S/C43H39N/c1-31-5-19-37(20-6-31)43(38-21-7-32(2)8-22-38)39-23-15-35(16-24-39)13-14-36-17-29-42(30-18-36)44(40-25-9-33(3)10-26-40)41-27-11-34(4)12-28-41/h5-30,43H,1-4H3. The van der Waals surface area contributed by atoms with Gasteiger partial charge in [-0.3, -0.25) is 0 Å². The highest BCUT2D eigenvalue weighted by Crippen LogP contribution is 2.35. The summed E-state index contributed by atoms with van der Waals surface area (Å²) in [6.07, 6.45) is 4.39. The maximum atomic E-state index is 2.31. The van der Waals surface area contributed by atoms with E-state index in [2.05, 4.69) is 190 Å². The number of aryl methyl sites for hydroxylation is 4. The van der Waals surface area contributed by atoms with E-state index >= 15 is 0 Å². The second kappa shape index (κ2) is 13.0. The summed E-state index contributed by atoms with van der Waals surface area (Å²) in [5.74, 6) is 0.201. The van der Waals surface area contributed by atoms with Gasteiger partial charge in [0.05, 0.1) is 0 Å². The SMILES string of the molecule is Cc1ccc(C(c2ccc(C)cc2)c2ccc(C=Cc3ccc(N(c4ccc(C)cc4)c4ccc(C)cc4)cc3)cc2)cc1. The molecule has 0 aliphatic carbocycles. The van der Waals surface area contributed by atoms with E-state index in [1.54, 1.807) is 0 Å². The molecular weight excluding hydrogens is 530 g/mol. The molecule has 6 aromatic carbocycles. The van der Waals surface area contributed by atoms with Gasteiger partial charge in [-0.2, -0.15) is 0 Å². The van der Waals surface area contributed by atoms with Gasteiger partial charge in [0.1, 0.15) is 0 Å². The van der Waals surface area contributed by atoms with Crippen molar-refractivity contribution < 1.29 is 0 Å². The molecule has 0 radical (unpaired) electrons. The Morgan fingerprint density at radius 3 is 0.932 bits per heavy atom. The molecule has 0 heterocycles. The van der Waals surface area contributed by atoms with Gasteiger partial charge in [-0.25, -0.2) is 0 Å². The fourth-order valence-corrected chi connectivity index (χ4v) is 5.66. The monoisotopic (exact) mass is 569 g/mol. The zero-order chi connectivity index (χ0) is 30.5. The van der Waals surface area contributed by atoms with Gasteiger partial charge in [-0.15, -0.1) is 0 Å². The first-order valence-corrected chi connectivity index (χ1v) is 15.4. The summed E-state index contributed by atoms with van der Waals surface area (Å²) in [6, 6.07) is 53.1. The fourth-order valence-electron chi connectivity index (χ4n) is 5.66. The normalized spacial score (nSPS) is 11.3. The Balaban J connectivity index is 1.23. The van der Waals surface area contributed by atoms with E-state index in [-0.39, 0.29) is 5.92 Å². The van der Waals surface area contributed by atoms with Crippen molar-refractivity contribution in [3.05, 3.63) is 196 Å². The van der Waals surface area contributed by atoms with Crippen molar-refractivity contribution in [2.75, 3.05) is 4.90 Å². The van der Waals surface area contributed by atoms with Gasteiger partial charge in [-0.05, 0) is 91.9 Å². The van der Waals surface area contributed by atoms with Gasteiger partial charge in [0, 0.05) is 23.0 Å². The topological polar surface area (TPSA) is 3.24 Å². The third-order valence-corrected chi connectivity index (χ3v) is 8.30. The van der Waals surface area contributed by atoms with Crippen LogP contribution in [-0.2, 0) is 0 Å². The zero-order valence-electron chi connectivity index (χ0n) is 26.0. The van der Waals surface area contributed by atoms with Crippen molar-refractivity contribution in [2.45, 2.75) is 33.6 Å². The van der Waals surface area contributed by atoms with Crippen LogP contribution in [0.2, 0.25) is 0 Å². The molecule has 44 heavy (non-hydrogen) atoms. The van der Waals surface area contributed by atoms with Crippen LogP contribution >= 0.6 is 0 Å². The molecule has 0 aliphatic rings. The molecule has 0 aromatic heterocycles. The van der Waals surface area contributed by atoms with Crippen LogP contribution in [0.1, 0.15) is 56.0 Å². The molecule has 0 saturated heterocycles. The predicted molar refractivity (Wildman–Crippen MR) is 189 cm³/mol. The summed E-state index contributed by atoms with van der Waals surface area (Å²) >= 11 is 0. The molecule has 0 spiro atoms. The van der Waals surface area contributed by atoms with E-state index in [1.807, 2.05) is 0 Å². The molecule has 0 N–H and O–H groups in total. The molecule has 0 atom stereocenters. The Morgan fingerprint density at radius 2 is 0.591 bits per heavy atom. The minimum Gasteiger partial charge on any atom is -0.311 e. The summed E-state index contributed by atoms with van der Waals surface area (Å²) in [5, 5.41) is 0. The maximum absolute atomic E-state index is 2.31. The molecule has 0 bridgehead atoms. The lowest BCUT2D eigenvalue weighted by Crippen LogP contribution is -2.09. The van der Waals surface area contributed by atoms with Crippen LogP contribution < -0.4 is 4.90 Å². The molecule has 1 nitrogen and oxygen atoms in total. The number of anilines is 3. The van der Waals surface area contributed by atoms with Crippen LogP contribution in [0.3, 0.4) is 0 Å². The third-order valence-electron chi connectivity index (χ3n) is 8.30. The van der Waals surface area contributed by atoms with Crippen LogP contribution in [-0.4, -0.2) is 0 Å². The molecule has 6 rings (SSSR count). The van der Waals surface area contributed by atoms with Gasteiger partial charge >= 0.3 is 0 Å². The zero-order valence-corrected chi connectivity index (χ0v) is 26.0. The van der Waals surface area contributed by atoms with Gasteiger partial charge in [0.25, 0.3) is 0 Å². The Morgan fingerprint density at radius 1 is 0.341 bits per heavy atom. The first kappa shape index (κ1) is 29.0. The highest BCUT2D eigenvalue weighted by atomic mass is 15.1. The van der Waals surface area contributed by atoms with Crippen molar-refractivity contribution in [2.24, 2.45) is 0 Å². The van der Waals surface area contributed by atoms with Gasteiger partial charge < -0.3 is 4.90 Å². The van der Waals surface area contributed by atoms with E-state index in [0.717, 1.165) is 17.1 Å². The van der Waals surface area contributed by atoms with Crippen molar-refractivity contribution in [1.82, 2.24) is 0 Å². The number of rotatable bonds is 8. The van der Waals surface area contributed by atoms with Crippen molar-refractivity contribution >= 4 is 29.2 Å². The van der Waals surface area contributed by atoms with Crippen LogP contribution in [0, 0.1) is 27.7 Å². The molecule has 1 heteroatoms. The second-order valence-electron chi connectivity index (χ2n) is 11.9. The molecule has 6 aromatic rings. The molecule has 0 fully saturated rings. The second-order valence-corrected chi connectivity index (χ2v) is 11.9. The predicted octanol–water partition coefficient (Wildman–Crippen LogP) is 11.7. The fraction of sp³-hybridized carbons (Fsp3) is 0.116. The average Bonchev–Trinajstić information content (AvgIpc) is 3.05. The average molecular weight is 570 g/mol. The lowest BCUT2D eigenvalue weighted by molar-refractivity contribution is 0.974. The Kier molecular flexibility index (Phi) is 8.57. The molecular formula is C43H39N. The van der Waals surface area contributed by atoms with E-state index in [0.29, 0.717) is 0 Å². The maximum Gasteiger partial charge on any atom is 0.0462 e. The van der Waals surface area contributed by atoms with Gasteiger partial charge in [0.15, 0.2) is 0 Å². The minimum atomic E-state index is 0.201. The molecule has 0 aliphatic heterocycles. The van der Waals surface area contributed by atoms with Gasteiger partial charge in [-0.1, -0.05) is 144 Å². The lowest BCUT2D eigenvalue weighted by atomic mass is 9.84. The Hall–Kier alpha value is -5.14. The van der Waals surface area contributed by atoms with Crippen LogP contribution in [0.4, 0.5) is 17.1 Å². The van der Waals surface area contributed by atoms with Crippen LogP contribution in [0.5, 0.6) is 0 Å². The number of nitrogens with zero attached hydrogens (tertiary/aromatic N) is 1. The summed E-state index contributed by atoms with van der Waals surface area (Å²) in [4.78, 5) is 2.31. The lowest BCUT2D eigenvalue weighted by Gasteiger charge is -2.25. The molecule has 0 saturated carbocycles. The van der Waals surface area contributed by atoms with Crippen molar-refractivity contribution in [1.29, 1.82) is 0 Å². The molecule has 216 valence electrons. The smallest absolute Gasteiger partial charge is 0.0462 e. The summed E-state index contributed by atoms with van der Waals surface area (Å²) < 4.78 is 0. The first-order valence-electron chi connectivity index (χ1n) is 15.4. The highest BCUT2D eigenvalue weighted by Gasteiger charge is 2.17. The van der Waals surface area contributed by atoms with E-state index in [9.17, 15) is 0 Å². The van der Waals surface area contributed by atoms with Crippen molar-refractivity contribution in [3.8, 4) is 0 Å². The third kappa shape index (κ3) is 6.74. The van der Waals surface area contributed by atoms with Crippen LogP contribution in [0.25, 0.3) is 12.2 Å². The van der Waals surface area contributed by atoms with E-state index < -0.39 is 0 Å².